The highest BCUT2D eigenvalue weighted by Gasteiger charge is 2.44. The lowest BCUT2D eigenvalue weighted by molar-refractivity contribution is -0.118. The van der Waals surface area contributed by atoms with Crippen molar-refractivity contribution in [3.05, 3.63) is 81.2 Å². The lowest BCUT2D eigenvalue weighted by Crippen LogP contribution is -2.42. The van der Waals surface area contributed by atoms with Gasteiger partial charge in [0.15, 0.2) is 5.78 Å². The molecular formula is C26H27BrN4O. The van der Waals surface area contributed by atoms with Gasteiger partial charge in [0.1, 0.15) is 5.82 Å². The number of allylic oxidation sites excluding steroid dienone is 3. The first-order chi connectivity index (χ1) is 15.1. The highest BCUT2D eigenvalue weighted by atomic mass is 79.9. The Morgan fingerprint density at radius 3 is 2.28 bits per heavy atom. The van der Waals surface area contributed by atoms with Gasteiger partial charge in [0.25, 0.3) is 0 Å². The van der Waals surface area contributed by atoms with Gasteiger partial charge >= 0.3 is 0 Å². The summed E-state index contributed by atoms with van der Waals surface area (Å²) in [6.07, 6.45) is 1.15. The molecule has 1 aliphatic carbocycles. The van der Waals surface area contributed by atoms with Crippen LogP contribution >= 0.6 is 15.9 Å². The molecule has 0 saturated heterocycles. The molecule has 1 aliphatic heterocycles. The van der Waals surface area contributed by atoms with Crippen LogP contribution in [0.1, 0.15) is 38.2 Å². The Kier molecular flexibility index (Phi) is 5.64. The fraction of sp³-hybridized carbons (Fsp3) is 0.308. The zero-order valence-corrected chi connectivity index (χ0v) is 20.4. The number of carbonyl (C=O) groups is 1. The molecule has 1 unspecified atom stereocenters. The van der Waals surface area contributed by atoms with E-state index in [1.165, 1.54) is 0 Å². The molecule has 0 fully saturated rings. The molecule has 0 bridgehead atoms. The molecule has 0 aromatic heterocycles. The van der Waals surface area contributed by atoms with Crippen LogP contribution in [0.2, 0.25) is 0 Å². The van der Waals surface area contributed by atoms with Crippen molar-refractivity contribution in [2.75, 3.05) is 23.9 Å². The number of halogens is 1. The van der Waals surface area contributed by atoms with Gasteiger partial charge in [-0.15, -0.1) is 0 Å². The predicted molar refractivity (Wildman–Crippen MR) is 132 cm³/mol. The first-order valence-electron chi connectivity index (χ1n) is 10.6. The molecule has 0 spiro atoms. The number of hydrogen-bond donors (Lipinski definition) is 1. The topological polar surface area (TPSA) is 73.4 Å². The van der Waals surface area contributed by atoms with Crippen molar-refractivity contribution in [1.82, 2.24) is 0 Å². The number of hydrogen-bond acceptors (Lipinski definition) is 5. The second kappa shape index (κ2) is 8.14. The molecule has 164 valence electrons. The quantitative estimate of drug-likeness (QED) is 0.618. The van der Waals surface area contributed by atoms with Crippen molar-refractivity contribution < 1.29 is 4.79 Å². The van der Waals surface area contributed by atoms with E-state index in [9.17, 15) is 10.1 Å². The van der Waals surface area contributed by atoms with E-state index >= 15 is 0 Å². The van der Waals surface area contributed by atoms with E-state index in [4.69, 9.17) is 5.73 Å². The van der Waals surface area contributed by atoms with E-state index < -0.39 is 5.92 Å². The normalized spacial score (nSPS) is 20.2. The lowest BCUT2D eigenvalue weighted by atomic mass is 9.68. The van der Waals surface area contributed by atoms with E-state index in [0.29, 0.717) is 29.8 Å². The Labute approximate surface area is 197 Å². The number of nitrogens with two attached hydrogens (primary N) is 1. The minimum atomic E-state index is -0.457. The van der Waals surface area contributed by atoms with Crippen LogP contribution in [-0.2, 0) is 4.79 Å². The van der Waals surface area contributed by atoms with Gasteiger partial charge in [-0.3, -0.25) is 9.69 Å². The molecule has 2 aliphatic rings. The second-order valence-corrected chi connectivity index (χ2v) is 10.4. The Bertz CT molecular complexity index is 1170. The largest absolute Gasteiger partial charge is 0.384 e. The summed E-state index contributed by atoms with van der Waals surface area (Å²) in [6, 6.07) is 18.1. The van der Waals surface area contributed by atoms with Crippen LogP contribution in [0.5, 0.6) is 0 Å². The van der Waals surface area contributed by atoms with Crippen molar-refractivity contribution >= 4 is 33.1 Å². The lowest BCUT2D eigenvalue weighted by Gasteiger charge is -2.43. The van der Waals surface area contributed by atoms with Gasteiger partial charge in [0.05, 0.1) is 17.6 Å². The average molecular weight is 491 g/mol. The third-order valence-corrected chi connectivity index (χ3v) is 6.74. The molecule has 5 nitrogen and oxygen atoms in total. The summed E-state index contributed by atoms with van der Waals surface area (Å²) in [5.41, 5.74) is 11.3. The Balaban J connectivity index is 1.95. The van der Waals surface area contributed by atoms with Gasteiger partial charge in [-0.25, -0.2) is 0 Å². The van der Waals surface area contributed by atoms with Gasteiger partial charge in [0, 0.05) is 47.6 Å². The van der Waals surface area contributed by atoms with Crippen LogP contribution in [0.25, 0.3) is 0 Å². The maximum absolute atomic E-state index is 13.5. The van der Waals surface area contributed by atoms with E-state index in [-0.39, 0.29) is 11.2 Å². The van der Waals surface area contributed by atoms with Crippen molar-refractivity contribution in [3.63, 3.8) is 0 Å². The Morgan fingerprint density at radius 1 is 1.09 bits per heavy atom. The number of anilines is 2. The molecule has 2 aromatic rings. The van der Waals surface area contributed by atoms with Crippen molar-refractivity contribution in [3.8, 4) is 6.07 Å². The first kappa shape index (κ1) is 22.2. The highest BCUT2D eigenvalue weighted by molar-refractivity contribution is 9.10. The molecule has 6 heteroatoms. The average Bonchev–Trinajstić information content (AvgIpc) is 2.73. The van der Waals surface area contributed by atoms with E-state index in [1.807, 2.05) is 72.4 Å². The molecule has 1 heterocycles. The van der Waals surface area contributed by atoms with Crippen LogP contribution in [0.15, 0.2) is 75.7 Å². The number of ketones is 1. The molecule has 1 atom stereocenters. The standard InChI is InChI=1S/C26H27BrN4O/c1-26(2)13-21-24(22(32)14-26)23(16-5-9-18(10-6-16)30(3)4)20(15-28)25(29)31(21)19-11-7-17(27)8-12-19/h5-12,23H,13-14,29H2,1-4H3. The first-order valence-corrected chi connectivity index (χ1v) is 11.4. The number of nitrogens with zero attached hydrogens (tertiary/aromatic N) is 3. The number of nitriles is 1. The third kappa shape index (κ3) is 3.82. The summed E-state index contributed by atoms with van der Waals surface area (Å²) in [5, 5.41) is 10.2. The Hall–Kier alpha value is -3.04. The highest BCUT2D eigenvalue weighted by Crippen LogP contribution is 2.50. The maximum atomic E-state index is 13.5. The van der Waals surface area contributed by atoms with Gasteiger partial charge in [-0.05, 0) is 53.8 Å². The molecule has 0 saturated carbocycles. The van der Waals surface area contributed by atoms with Crippen LogP contribution in [-0.4, -0.2) is 19.9 Å². The van der Waals surface area contributed by atoms with Crippen LogP contribution < -0.4 is 15.5 Å². The fourth-order valence-corrected chi connectivity index (χ4v) is 4.96. The minimum absolute atomic E-state index is 0.0836. The van der Waals surface area contributed by atoms with Crippen molar-refractivity contribution in [1.29, 1.82) is 5.26 Å². The zero-order chi connectivity index (χ0) is 23.2. The molecular weight excluding hydrogens is 464 g/mol. The van der Waals surface area contributed by atoms with Gasteiger partial charge < -0.3 is 10.6 Å². The van der Waals surface area contributed by atoms with Crippen LogP contribution in [0, 0.1) is 16.7 Å². The van der Waals surface area contributed by atoms with E-state index in [2.05, 4.69) is 35.8 Å². The van der Waals surface area contributed by atoms with Gasteiger partial charge in [-0.2, -0.15) is 5.26 Å². The zero-order valence-electron chi connectivity index (χ0n) is 18.8. The van der Waals surface area contributed by atoms with E-state index in [0.717, 1.165) is 27.1 Å². The summed E-state index contributed by atoms with van der Waals surface area (Å²) in [5.74, 6) is 0.0163. The van der Waals surface area contributed by atoms with Crippen molar-refractivity contribution in [2.45, 2.75) is 32.6 Å². The summed E-state index contributed by atoms with van der Waals surface area (Å²) < 4.78 is 0.953. The number of benzene rings is 2. The van der Waals surface area contributed by atoms with Crippen molar-refractivity contribution in [2.24, 2.45) is 11.1 Å². The maximum Gasteiger partial charge on any atom is 0.162 e. The molecule has 4 rings (SSSR count). The smallest absolute Gasteiger partial charge is 0.162 e. The third-order valence-electron chi connectivity index (χ3n) is 6.21. The SMILES string of the molecule is CN(C)c1ccc(C2C(C#N)=C(N)N(c3ccc(Br)cc3)C3=C2C(=O)CC(C)(C)C3)cc1. The monoisotopic (exact) mass is 490 g/mol. The number of rotatable bonds is 3. The summed E-state index contributed by atoms with van der Waals surface area (Å²) in [4.78, 5) is 17.5. The molecule has 0 amide bonds. The molecule has 32 heavy (non-hydrogen) atoms. The molecule has 2 aromatic carbocycles. The van der Waals surface area contributed by atoms with Gasteiger partial charge in [-0.1, -0.05) is 41.9 Å². The predicted octanol–water partition coefficient (Wildman–Crippen LogP) is 5.46. The minimum Gasteiger partial charge on any atom is -0.384 e. The molecule has 0 radical (unpaired) electrons. The van der Waals surface area contributed by atoms with Crippen LogP contribution in [0.4, 0.5) is 11.4 Å². The molecule has 2 N–H and O–H groups in total. The fourth-order valence-electron chi connectivity index (χ4n) is 4.69. The van der Waals surface area contributed by atoms with Gasteiger partial charge in [0.2, 0.25) is 0 Å². The van der Waals surface area contributed by atoms with Crippen LogP contribution in [0.3, 0.4) is 0 Å². The van der Waals surface area contributed by atoms with E-state index in [1.54, 1.807) is 0 Å². The second-order valence-electron chi connectivity index (χ2n) is 9.44. The Morgan fingerprint density at radius 2 is 1.72 bits per heavy atom. The summed E-state index contributed by atoms with van der Waals surface area (Å²) >= 11 is 3.48. The number of Topliss-reactive ketones (excluding diaryl/α,β-unsaturated/α-hetero) is 1. The number of carbonyl (C=O) groups excluding carboxylic acids is 1. The summed E-state index contributed by atoms with van der Waals surface area (Å²) in [7, 11) is 3.97. The summed E-state index contributed by atoms with van der Waals surface area (Å²) in [6.45, 7) is 4.21.